The molecule has 0 fully saturated rings. The molecule has 4 heteroatoms. The minimum Gasteiger partial charge on any atom is -0.399 e. The first kappa shape index (κ1) is 10.9. The van der Waals surface area contributed by atoms with E-state index in [4.69, 9.17) is 17.3 Å². The van der Waals surface area contributed by atoms with Crippen molar-refractivity contribution in [1.29, 1.82) is 0 Å². The summed E-state index contributed by atoms with van der Waals surface area (Å²) in [4.78, 5) is 2.48. The van der Waals surface area contributed by atoms with Gasteiger partial charge in [-0.2, -0.15) is 0 Å². The zero-order valence-electron chi connectivity index (χ0n) is 7.94. The molecule has 1 heterocycles. The minimum atomic E-state index is 0.809. The van der Waals surface area contributed by atoms with Gasteiger partial charge < -0.3 is 5.73 Å². The lowest BCUT2D eigenvalue weighted by molar-refractivity contribution is 1.43. The van der Waals surface area contributed by atoms with Crippen LogP contribution in [0.5, 0.6) is 0 Å². The first-order valence-corrected chi connectivity index (χ1v) is 6.64. The number of thioether (sulfide) groups is 1. The van der Waals surface area contributed by atoms with Gasteiger partial charge in [-0.3, -0.25) is 0 Å². The average molecular weight is 256 g/mol. The van der Waals surface area contributed by atoms with Crippen molar-refractivity contribution in [2.24, 2.45) is 0 Å². The monoisotopic (exact) mass is 255 g/mol. The molecule has 0 bridgehead atoms. The molecule has 1 nitrogen and oxygen atoms in total. The lowest BCUT2D eigenvalue weighted by Crippen LogP contribution is -1.83. The molecule has 1 aromatic carbocycles. The van der Waals surface area contributed by atoms with Crippen LogP contribution in [0.3, 0.4) is 0 Å². The highest BCUT2D eigenvalue weighted by Gasteiger charge is 1.99. The van der Waals surface area contributed by atoms with Crippen LogP contribution in [0.15, 0.2) is 41.3 Å². The van der Waals surface area contributed by atoms with Gasteiger partial charge in [0.15, 0.2) is 0 Å². The molecule has 0 amide bonds. The van der Waals surface area contributed by atoms with Crippen LogP contribution in [0, 0.1) is 0 Å². The lowest BCUT2D eigenvalue weighted by atomic mass is 10.3. The second kappa shape index (κ2) is 4.92. The number of benzene rings is 1. The fourth-order valence-electron chi connectivity index (χ4n) is 1.19. The van der Waals surface area contributed by atoms with E-state index in [2.05, 4.69) is 12.1 Å². The predicted octanol–water partition coefficient (Wildman–Crippen LogP) is 4.28. The van der Waals surface area contributed by atoms with Gasteiger partial charge in [-0.05, 0) is 30.3 Å². The highest BCUT2D eigenvalue weighted by molar-refractivity contribution is 7.98. The average Bonchev–Trinajstić information content (AvgIpc) is 2.62. The van der Waals surface area contributed by atoms with Crippen LogP contribution in [0.4, 0.5) is 5.69 Å². The fraction of sp³-hybridized carbons (Fsp3) is 0.0909. The van der Waals surface area contributed by atoms with E-state index in [1.54, 1.807) is 23.1 Å². The van der Waals surface area contributed by atoms with Crippen LogP contribution in [0.25, 0.3) is 0 Å². The normalized spacial score (nSPS) is 10.5. The highest BCUT2D eigenvalue weighted by Crippen LogP contribution is 2.29. The molecule has 2 rings (SSSR count). The summed E-state index contributed by atoms with van der Waals surface area (Å²) in [6, 6.07) is 11.9. The number of rotatable bonds is 3. The Morgan fingerprint density at radius 3 is 2.80 bits per heavy atom. The first-order chi connectivity index (χ1) is 7.24. The number of thiophene rings is 1. The Morgan fingerprint density at radius 2 is 2.13 bits per heavy atom. The zero-order valence-corrected chi connectivity index (χ0v) is 10.3. The molecule has 1 aromatic heterocycles. The summed E-state index contributed by atoms with van der Waals surface area (Å²) in [5.41, 5.74) is 6.51. The van der Waals surface area contributed by atoms with Gasteiger partial charge in [-0.15, -0.1) is 23.1 Å². The van der Waals surface area contributed by atoms with Crippen LogP contribution < -0.4 is 5.73 Å². The quantitative estimate of drug-likeness (QED) is 0.655. The van der Waals surface area contributed by atoms with Crippen LogP contribution >= 0.6 is 34.7 Å². The van der Waals surface area contributed by atoms with Crippen molar-refractivity contribution in [3.63, 3.8) is 0 Å². The van der Waals surface area contributed by atoms with Gasteiger partial charge >= 0.3 is 0 Å². The molecule has 0 aliphatic carbocycles. The predicted molar refractivity (Wildman–Crippen MR) is 69.7 cm³/mol. The molecule has 2 aromatic rings. The van der Waals surface area contributed by atoms with Crippen molar-refractivity contribution in [3.05, 3.63) is 45.6 Å². The molecular formula is C11H10ClNS2. The molecule has 78 valence electrons. The Kier molecular flexibility index (Phi) is 3.57. The van der Waals surface area contributed by atoms with Gasteiger partial charge in [0.1, 0.15) is 0 Å². The maximum atomic E-state index is 5.86. The lowest BCUT2D eigenvalue weighted by Gasteiger charge is -2.00. The Labute approximate surface area is 102 Å². The molecule has 0 aliphatic rings. The maximum Gasteiger partial charge on any atom is 0.0931 e. The summed E-state index contributed by atoms with van der Waals surface area (Å²) in [5.74, 6) is 0.945. The van der Waals surface area contributed by atoms with Crippen LogP contribution in [0.1, 0.15) is 4.88 Å². The number of hydrogen-bond donors (Lipinski definition) is 1. The maximum absolute atomic E-state index is 5.86. The summed E-state index contributed by atoms with van der Waals surface area (Å²) < 4.78 is 0.846. The zero-order chi connectivity index (χ0) is 10.7. The smallest absolute Gasteiger partial charge is 0.0931 e. The van der Waals surface area contributed by atoms with E-state index in [-0.39, 0.29) is 0 Å². The third kappa shape index (κ3) is 3.16. The van der Waals surface area contributed by atoms with Gasteiger partial charge in [-0.1, -0.05) is 17.7 Å². The number of nitrogen functional groups attached to an aromatic ring is 1. The Bertz CT molecular complexity index is 453. The van der Waals surface area contributed by atoms with Gasteiger partial charge in [0.25, 0.3) is 0 Å². The minimum absolute atomic E-state index is 0.809. The van der Waals surface area contributed by atoms with E-state index in [9.17, 15) is 0 Å². The highest BCUT2D eigenvalue weighted by atomic mass is 35.5. The van der Waals surface area contributed by atoms with Crippen molar-refractivity contribution < 1.29 is 0 Å². The molecule has 0 aliphatic heterocycles. The van der Waals surface area contributed by atoms with Crippen molar-refractivity contribution in [2.75, 3.05) is 5.73 Å². The SMILES string of the molecule is Nc1cccc(SCc2ccc(Cl)s2)c1. The van der Waals surface area contributed by atoms with E-state index in [1.165, 1.54) is 9.77 Å². The Balaban J connectivity index is 1.99. The molecule has 0 saturated carbocycles. The second-order valence-corrected chi connectivity index (χ2v) is 5.92. The van der Waals surface area contributed by atoms with Gasteiger partial charge in [0.05, 0.1) is 4.34 Å². The topological polar surface area (TPSA) is 26.0 Å². The number of anilines is 1. The molecule has 2 N–H and O–H groups in total. The van der Waals surface area contributed by atoms with Crippen LogP contribution in [-0.4, -0.2) is 0 Å². The summed E-state index contributed by atoms with van der Waals surface area (Å²) in [5, 5.41) is 0. The third-order valence-electron chi connectivity index (χ3n) is 1.87. The number of hydrogen-bond acceptors (Lipinski definition) is 3. The molecule has 0 saturated heterocycles. The summed E-state index contributed by atoms with van der Waals surface area (Å²) in [7, 11) is 0. The Hall–Kier alpha value is -0.640. The van der Waals surface area contributed by atoms with Crippen molar-refractivity contribution in [3.8, 4) is 0 Å². The first-order valence-electron chi connectivity index (χ1n) is 4.46. The molecule has 0 spiro atoms. The standard InChI is InChI=1S/C11H10ClNS2/c12-11-5-4-10(15-11)7-14-9-3-1-2-8(13)6-9/h1-6H,7,13H2. The second-order valence-electron chi connectivity index (χ2n) is 3.07. The summed E-state index contributed by atoms with van der Waals surface area (Å²) in [6.45, 7) is 0. The van der Waals surface area contributed by atoms with E-state index in [1.807, 2.05) is 24.3 Å². The molecule has 0 radical (unpaired) electrons. The van der Waals surface area contributed by atoms with Crippen molar-refractivity contribution >= 4 is 40.4 Å². The van der Waals surface area contributed by atoms with Gasteiger partial charge in [0.2, 0.25) is 0 Å². The van der Waals surface area contributed by atoms with Crippen LogP contribution in [0.2, 0.25) is 4.34 Å². The number of halogens is 1. The molecule has 0 atom stereocenters. The summed E-state index contributed by atoms with van der Waals surface area (Å²) in [6.07, 6.45) is 0. The van der Waals surface area contributed by atoms with Gasteiger partial charge in [-0.25, -0.2) is 0 Å². The molecular weight excluding hydrogens is 246 g/mol. The molecule has 0 unspecified atom stereocenters. The summed E-state index contributed by atoms with van der Waals surface area (Å²) >= 11 is 9.25. The molecule has 15 heavy (non-hydrogen) atoms. The fourth-order valence-corrected chi connectivity index (χ4v) is 3.28. The van der Waals surface area contributed by atoms with E-state index in [0.717, 1.165) is 15.8 Å². The van der Waals surface area contributed by atoms with Crippen LogP contribution in [-0.2, 0) is 5.75 Å². The van der Waals surface area contributed by atoms with E-state index < -0.39 is 0 Å². The third-order valence-corrected chi connectivity index (χ3v) is 4.32. The van der Waals surface area contributed by atoms with E-state index in [0.29, 0.717) is 0 Å². The largest absolute Gasteiger partial charge is 0.399 e. The Morgan fingerprint density at radius 1 is 1.27 bits per heavy atom. The van der Waals surface area contributed by atoms with Crippen molar-refractivity contribution in [1.82, 2.24) is 0 Å². The number of nitrogens with two attached hydrogens (primary N) is 1. The van der Waals surface area contributed by atoms with E-state index >= 15 is 0 Å². The van der Waals surface area contributed by atoms with Crippen molar-refractivity contribution in [2.45, 2.75) is 10.6 Å². The van der Waals surface area contributed by atoms with Gasteiger partial charge in [0, 0.05) is 21.2 Å².